The number of fused-ring (bicyclic) bond motifs is 1. The standard InChI is InChI=1S/C17H30N2O4/c1-16(2,3)22-14(20)18-11-19(15(21)23-17(4,5)6)13-10-8-7-9-12(13)18/h12-13H,7-11H2,1-6H3/t12-,13-/m0/s1. The molecule has 1 aliphatic heterocycles. The zero-order chi connectivity index (χ0) is 17.4. The van der Waals surface area contributed by atoms with Crippen LogP contribution in [0.15, 0.2) is 0 Å². The third kappa shape index (κ3) is 4.52. The molecular weight excluding hydrogens is 296 g/mol. The Balaban J connectivity index is 2.13. The highest BCUT2D eigenvalue weighted by Crippen LogP contribution is 2.34. The Bertz CT molecular complexity index is 422. The summed E-state index contributed by atoms with van der Waals surface area (Å²) in [5, 5.41) is 0. The van der Waals surface area contributed by atoms with Crippen LogP contribution in [0, 0.1) is 0 Å². The normalized spacial score (nSPS) is 25.1. The molecule has 0 bridgehead atoms. The first-order chi connectivity index (χ1) is 10.5. The van der Waals surface area contributed by atoms with E-state index in [2.05, 4.69) is 0 Å². The molecule has 1 saturated carbocycles. The van der Waals surface area contributed by atoms with Gasteiger partial charge in [-0.25, -0.2) is 9.59 Å². The van der Waals surface area contributed by atoms with Crippen molar-refractivity contribution in [3.05, 3.63) is 0 Å². The Morgan fingerprint density at radius 1 is 0.783 bits per heavy atom. The fourth-order valence-electron chi connectivity index (χ4n) is 3.22. The molecule has 1 heterocycles. The topological polar surface area (TPSA) is 59.1 Å². The molecule has 1 saturated heterocycles. The molecular formula is C17H30N2O4. The second kappa shape index (κ2) is 6.21. The van der Waals surface area contributed by atoms with Crippen LogP contribution in [0.3, 0.4) is 0 Å². The minimum atomic E-state index is -0.541. The smallest absolute Gasteiger partial charge is 0.412 e. The number of carbonyl (C=O) groups is 2. The van der Waals surface area contributed by atoms with Gasteiger partial charge in [0.1, 0.15) is 17.9 Å². The third-order valence-electron chi connectivity index (χ3n) is 4.06. The summed E-state index contributed by atoms with van der Waals surface area (Å²) in [6.07, 6.45) is 3.26. The predicted octanol–water partition coefficient (Wildman–Crippen LogP) is 3.74. The second-order valence-corrected chi connectivity index (χ2v) is 8.46. The number of hydrogen-bond acceptors (Lipinski definition) is 4. The number of ether oxygens (including phenoxy) is 2. The van der Waals surface area contributed by atoms with Crippen molar-refractivity contribution < 1.29 is 19.1 Å². The first-order valence-corrected chi connectivity index (χ1v) is 8.47. The van der Waals surface area contributed by atoms with Crippen LogP contribution in [0.25, 0.3) is 0 Å². The second-order valence-electron chi connectivity index (χ2n) is 8.46. The van der Waals surface area contributed by atoms with Crippen molar-refractivity contribution >= 4 is 12.2 Å². The lowest BCUT2D eigenvalue weighted by Gasteiger charge is -2.33. The van der Waals surface area contributed by atoms with E-state index in [-0.39, 0.29) is 30.9 Å². The van der Waals surface area contributed by atoms with E-state index in [9.17, 15) is 9.59 Å². The van der Waals surface area contributed by atoms with Crippen molar-refractivity contribution in [3.63, 3.8) is 0 Å². The predicted molar refractivity (Wildman–Crippen MR) is 87.1 cm³/mol. The van der Waals surface area contributed by atoms with Crippen LogP contribution in [0.5, 0.6) is 0 Å². The fraction of sp³-hybridized carbons (Fsp3) is 0.882. The molecule has 1 aliphatic carbocycles. The molecule has 2 amide bonds. The molecule has 23 heavy (non-hydrogen) atoms. The van der Waals surface area contributed by atoms with Crippen LogP contribution in [0.4, 0.5) is 9.59 Å². The van der Waals surface area contributed by atoms with Crippen molar-refractivity contribution in [1.82, 2.24) is 9.80 Å². The summed E-state index contributed by atoms with van der Waals surface area (Å²) in [5.74, 6) is 0. The number of nitrogens with zero attached hydrogens (tertiary/aromatic N) is 2. The fourth-order valence-corrected chi connectivity index (χ4v) is 3.22. The highest BCUT2D eigenvalue weighted by Gasteiger charge is 2.47. The summed E-state index contributed by atoms with van der Waals surface area (Å²) in [5.41, 5.74) is -1.08. The van der Waals surface area contributed by atoms with Gasteiger partial charge in [0.05, 0.1) is 12.1 Å². The quantitative estimate of drug-likeness (QED) is 0.680. The van der Waals surface area contributed by atoms with Crippen LogP contribution >= 0.6 is 0 Å². The highest BCUT2D eigenvalue weighted by atomic mass is 16.6. The molecule has 6 nitrogen and oxygen atoms in total. The monoisotopic (exact) mass is 326 g/mol. The molecule has 2 atom stereocenters. The van der Waals surface area contributed by atoms with Crippen molar-refractivity contribution in [2.45, 2.75) is 90.5 Å². The van der Waals surface area contributed by atoms with E-state index < -0.39 is 11.2 Å². The van der Waals surface area contributed by atoms with E-state index in [1.165, 1.54) is 0 Å². The molecule has 132 valence electrons. The van der Waals surface area contributed by atoms with Gasteiger partial charge in [0, 0.05) is 0 Å². The Hall–Kier alpha value is -1.46. The van der Waals surface area contributed by atoms with E-state index in [0.717, 1.165) is 25.7 Å². The van der Waals surface area contributed by atoms with Gasteiger partial charge in [-0.3, -0.25) is 9.80 Å². The summed E-state index contributed by atoms with van der Waals surface area (Å²) in [7, 11) is 0. The molecule has 0 N–H and O–H groups in total. The minimum absolute atomic E-state index is 0.0334. The van der Waals surface area contributed by atoms with Gasteiger partial charge in [0.25, 0.3) is 0 Å². The lowest BCUT2D eigenvalue weighted by Crippen LogP contribution is -2.45. The van der Waals surface area contributed by atoms with Crippen LogP contribution in [0.1, 0.15) is 67.2 Å². The molecule has 0 aromatic carbocycles. The lowest BCUT2D eigenvalue weighted by atomic mass is 9.90. The minimum Gasteiger partial charge on any atom is -0.444 e. The van der Waals surface area contributed by atoms with E-state index in [1.807, 2.05) is 41.5 Å². The Morgan fingerprint density at radius 3 is 1.43 bits per heavy atom. The highest BCUT2D eigenvalue weighted by molar-refractivity contribution is 5.73. The molecule has 2 aliphatic rings. The lowest BCUT2D eigenvalue weighted by molar-refractivity contribution is 0.0137. The van der Waals surface area contributed by atoms with Gasteiger partial charge < -0.3 is 9.47 Å². The maximum Gasteiger partial charge on any atom is 0.412 e. The molecule has 2 rings (SSSR count). The van der Waals surface area contributed by atoms with Gasteiger partial charge in [0.2, 0.25) is 0 Å². The van der Waals surface area contributed by atoms with Crippen LogP contribution in [-0.4, -0.2) is 51.9 Å². The van der Waals surface area contributed by atoms with E-state index in [4.69, 9.17) is 9.47 Å². The van der Waals surface area contributed by atoms with E-state index in [1.54, 1.807) is 9.80 Å². The first kappa shape index (κ1) is 17.9. The summed E-state index contributed by atoms with van der Waals surface area (Å²) in [6.45, 7) is 11.4. The summed E-state index contributed by atoms with van der Waals surface area (Å²) >= 11 is 0. The van der Waals surface area contributed by atoms with Crippen LogP contribution in [-0.2, 0) is 9.47 Å². The Morgan fingerprint density at radius 2 is 1.13 bits per heavy atom. The number of amides is 2. The van der Waals surface area contributed by atoms with Crippen molar-refractivity contribution in [1.29, 1.82) is 0 Å². The molecule has 0 aromatic rings. The van der Waals surface area contributed by atoms with Gasteiger partial charge >= 0.3 is 12.2 Å². The van der Waals surface area contributed by atoms with Gasteiger partial charge in [-0.15, -0.1) is 0 Å². The molecule has 6 heteroatoms. The van der Waals surface area contributed by atoms with Gasteiger partial charge in [-0.05, 0) is 54.4 Å². The number of rotatable bonds is 0. The molecule has 0 radical (unpaired) electrons. The zero-order valence-electron chi connectivity index (χ0n) is 15.2. The summed E-state index contributed by atoms with van der Waals surface area (Å²) in [4.78, 5) is 28.4. The Labute approximate surface area is 139 Å². The summed E-state index contributed by atoms with van der Waals surface area (Å²) < 4.78 is 11.0. The van der Waals surface area contributed by atoms with Gasteiger partial charge in [0.15, 0.2) is 0 Å². The van der Waals surface area contributed by atoms with E-state index >= 15 is 0 Å². The maximum absolute atomic E-state index is 12.5. The average molecular weight is 326 g/mol. The van der Waals surface area contributed by atoms with E-state index in [0.29, 0.717) is 0 Å². The Kier molecular flexibility index (Phi) is 4.83. The zero-order valence-corrected chi connectivity index (χ0v) is 15.2. The van der Waals surface area contributed by atoms with Gasteiger partial charge in [-0.2, -0.15) is 0 Å². The van der Waals surface area contributed by atoms with Crippen molar-refractivity contribution in [2.75, 3.05) is 6.67 Å². The third-order valence-corrected chi connectivity index (χ3v) is 4.06. The average Bonchev–Trinajstić information content (AvgIpc) is 2.74. The SMILES string of the molecule is CC(C)(C)OC(=O)N1CN(C(=O)OC(C)(C)C)[C@H]2CCCC[C@@H]21. The van der Waals surface area contributed by atoms with Gasteiger partial charge in [-0.1, -0.05) is 12.8 Å². The molecule has 2 fully saturated rings. The number of carbonyl (C=O) groups excluding carboxylic acids is 2. The molecule has 0 aromatic heterocycles. The molecule has 0 unspecified atom stereocenters. The number of hydrogen-bond donors (Lipinski definition) is 0. The van der Waals surface area contributed by atoms with Crippen LogP contribution in [0.2, 0.25) is 0 Å². The first-order valence-electron chi connectivity index (χ1n) is 8.47. The molecule has 0 spiro atoms. The summed E-state index contributed by atoms with van der Waals surface area (Å²) in [6, 6.07) is 0.0669. The van der Waals surface area contributed by atoms with Crippen molar-refractivity contribution in [2.24, 2.45) is 0 Å². The van der Waals surface area contributed by atoms with Crippen LogP contribution < -0.4 is 0 Å². The maximum atomic E-state index is 12.5. The largest absolute Gasteiger partial charge is 0.444 e. The van der Waals surface area contributed by atoms with Crippen molar-refractivity contribution in [3.8, 4) is 0 Å².